The molecule has 0 radical (unpaired) electrons. The average Bonchev–Trinajstić information content (AvgIpc) is 2.66. The maximum Gasteiger partial charge on any atom is 0.197 e. The third-order valence-corrected chi connectivity index (χ3v) is 4.66. The normalized spacial score (nSPS) is 15.0. The fourth-order valence-corrected chi connectivity index (χ4v) is 3.30. The molecule has 1 aliphatic heterocycles. The second kappa shape index (κ2) is 8.04. The first kappa shape index (κ1) is 18.6. The third kappa shape index (κ3) is 3.68. The summed E-state index contributed by atoms with van der Waals surface area (Å²) in [5.41, 5.74) is 3.43. The van der Waals surface area contributed by atoms with Crippen molar-refractivity contribution >= 4 is 11.0 Å². The number of morpholine rings is 1. The Morgan fingerprint density at radius 1 is 1.04 bits per heavy atom. The van der Waals surface area contributed by atoms with Crippen LogP contribution in [0.3, 0.4) is 0 Å². The van der Waals surface area contributed by atoms with E-state index in [4.69, 9.17) is 9.15 Å². The van der Waals surface area contributed by atoms with Gasteiger partial charge >= 0.3 is 0 Å². The standard InChI is InChI=1S/C21H21NO3.ClH/c1-15-7-8-19-17(13-15)20(23)18(14-22-9-11-24-12-10-22)21(25-19)16-5-3-2-4-6-16;/h2-8,13H,9-12,14H2,1H3;1H/p-1. The number of hydrogen-bond donors (Lipinski definition) is 0. The first-order valence-electron chi connectivity index (χ1n) is 8.64. The molecule has 4 rings (SSSR count). The first-order valence-corrected chi connectivity index (χ1v) is 8.64. The molecule has 1 aliphatic rings. The van der Waals surface area contributed by atoms with E-state index in [0.717, 1.165) is 29.8 Å². The molecule has 0 saturated carbocycles. The molecule has 26 heavy (non-hydrogen) atoms. The number of benzene rings is 2. The molecule has 136 valence electrons. The Kier molecular flexibility index (Phi) is 5.77. The van der Waals surface area contributed by atoms with Gasteiger partial charge in [-0.2, -0.15) is 0 Å². The maximum absolute atomic E-state index is 13.2. The SMILES string of the molecule is Cc1ccc2oc(-c3ccccc3)c(CN3CCOCC3)c(=O)c2c1.[Cl-]. The Labute approximate surface area is 158 Å². The van der Waals surface area contributed by atoms with E-state index in [1.54, 1.807) is 0 Å². The summed E-state index contributed by atoms with van der Waals surface area (Å²) in [5.74, 6) is 0.674. The van der Waals surface area contributed by atoms with Crippen LogP contribution in [0.5, 0.6) is 0 Å². The zero-order valence-corrected chi connectivity index (χ0v) is 15.5. The Hall–Kier alpha value is -2.14. The molecular weight excluding hydrogens is 350 g/mol. The number of nitrogens with zero attached hydrogens (tertiary/aromatic N) is 1. The first-order chi connectivity index (χ1) is 12.2. The van der Waals surface area contributed by atoms with Crippen molar-refractivity contribution in [3.63, 3.8) is 0 Å². The molecule has 1 aromatic heterocycles. The lowest BCUT2D eigenvalue weighted by atomic mass is 10.0. The highest BCUT2D eigenvalue weighted by Gasteiger charge is 2.20. The van der Waals surface area contributed by atoms with Crippen LogP contribution >= 0.6 is 0 Å². The Morgan fingerprint density at radius 3 is 2.50 bits per heavy atom. The summed E-state index contributed by atoms with van der Waals surface area (Å²) in [7, 11) is 0. The molecule has 1 fully saturated rings. The van der Waals surface area contributed by atoms with Crippen LogP contribution in [0.2, 0.25) is 0 Å². The summed E-state index contributed by atoms with van der Waals surface area (Å²) in [6, 6.07) is 15.6. The van der Waals surface area contributed by atoms with Gasteiger partial charge in [0.25, 0.3) is 0 Å². The number of fused-ring (bicyclic) bond motifs is 1. The van der Waals surface area contributed by atoms with Crippen molar-refractivity contribution in [2.75, 3.05) is 26.3 Å². The number of ether oxygens (including phenoxy) is 1. The van der Waals surface area contributed by atoms with Gasteiger partial charge in [-0.3, -0.25) is 9.69 Å². The van der Waals surface area contributed by atoms with Crippen molar-refractivity contribution < 1.29 is 21.6 Å². The molecule has 4 nitrogen and oxygen atoms in total. The van der Waals surface area contributed by atoms with E-state index in [-0.39, 0.29) is 17.8 Å². The molecule has 2 heterocycles. The topological polar surface area (TPSA) is 42.7 Å². The molecule has 3 aromatic rings. The highest BCUT2D eigenvalue weighted by Crippen LogP contribution is 2.27. The summed E-state index contributed by atoms with van der Waals surface area (Å²) in [6.07, 6.45) is 0. The summed E-state index contributed by atoms with van der Waals surface area (Å²) in [4.78, 5) is 15.5. The van der Waals surface area contributed by atoms with E-state index in [2.05, 4.69) is 4.90 Å². The molecule has 0 amide bonds. The predicted octanol–water partition coefficient (Wildman–Crippen LogP) is 0.605. The summed E-state index contributed by atoms with van der Waals surface area (Å²) in [6.45, 7) is 5.65. The molecule has 2 aromatic carbocycles. The van der Waals surface area contributed by atoms with Gasteiger partial charge < -0.3 is 21.6 Å². The number of rotatable bonds is 3. The van der Waals surface area contributed by atoms with Gasteiger partial charge in [-0.1, -0.05) is 42.0 Å². The molecule has 0 bridgehead atoms. The lowest BCUT2D eigenvalue weighted by Gasteiger charge is -2.27. The van der Waals surface area contributed by atoms with Crippen molar-refractivity contribution in [1.82, 2.24) is 4.90 Å². The molecule has 0 N–H and O–H groups in total. The quantitative estimate of drug-likeness (QED) is 0.677. The van der Waals surface area contributed by atoms with Crippen LogP contribution in [0.15, 0.2) is 57.7 Å². The third-order valence-electron chi connectivity index (χ3n) is 4.66. The van der Waals surface area contributed by atoms with Crippen molar-refractivity contribution in [2.45, 2.75) is 13.5 Å². The molecule has 0 spiro atoms. The van der Waals surface area contributed by atoms with Gasteiger partial charge in [-0.25, -0.2) is 0 Å². The number of hydrogen-bond acceptors (Lipinski definition) is 4. The zero-order valence-electron chi connectivity index (χ0n) is 14.7. The van der Waals surface area contributed by atoms with Gasteiger partial charge in [0.15, 0.2) is 5.43 Å². The van der Waals surface area contributed by atoms with Gasteiger partial charge in [-0.05, 0) is 19.1 Å². The summed E-state index contributed by atoms with van der Waals surface area (Å²) >= 11 is 0. The summed E-state index contributed by atoms with van der Waals surface area (Å²) < 4.78 is 11.6. The van der Waals surface area contributed by atoms with Crippen LogP contribution in [0.25, 0.3) is 22.3 Å². The zero-order chi connectivity index (χ0) is 17.2. The fourth-order valence-electron chi connectivity index (χ4n) is 3.30. The Bertz CT molecular complexity index is 947. The van der Waals surface area contributed by atoms with E-state index in [1.807, 2.05) is 55.5 Å². The molecular formula is C21H21ClNO3-. The van der Waals surface area contributed by atoms with Crippen molar-refractivity contribution in [3.8, 4) is 11.3 Å². The smallest absolute Gasteiger partial charge is 0.197 e. The van der Waals surface area contributed by atoms with E-state index >= 15 is 0 Å². The van der Waals surface area contributed by atoms with Crippen LogP contribution in [-0.2, 0) is 11.3 Å². The van der Waals surface area contributed by atoms with Gasteiger partial charge in [0.05, 0.1) is 24.2 Å². The maximum atomic E-state index is 13.2. The second-order valence-corrected chi connectivity index (χ2v) is 6.49. The average molecular weight is 371 g/mol. The van der Waals surface area contributed by atoms with E-state index in [1.165, 1.54) is 0 Å². The summed E-state index contributed by atoms with van der Waals surface area (Å²) in [5, 5.41) is 0.656. The molecule has 0 aliphatic carbocycles. The predicted molar refractivity (Wildman–Crippen MR) is 98.8 cm³/mol. The van der Waals surface area contributed by atoms with Crippen LogP contribution in [0.1, 0.15) is 11.1 Å². The monoisotopic (exact) mass is 370 g/mol. The van der Waals surface area contributed by atoms with Crippen molar-refractivity contribution in [3.05, 3.63) is 69.9 Å². The number of aryl methyl sites for hydroxylation is 1. The van der Waals surface area contributed by atoms with E-state index in [0.29, 0.717) is 36.5 Å². The lowest BCUT2D eigenvalue weighted by Crippen LogP contribution is -3.00. The van der Waals surface area contributed by atoms with Crippen LogP contribution < -0.4 is 17.8 Å². The van der Waals surface area contributed by atoms with Crippen molar-refractivity contribution in [1.29, 1.82) is 0 Å². The lowest BCUT2D eigenvalue weighted by molar-refractivity contribution is -0.00000741. The largest absolute Gasteiger partial charge is 1.00 e. The highest BCUT2D eigenvalue weighted by atomic mass is 35.5. The van der Waals surface area contributed by atoms with Gasteiger partial charge in [-0.15, -0.1) is 0 Å². The van der Waals surface area contributed by atoms with E-state index in [9.17, 15) is 4.79 Å². The molecule has 5 heteroatoms. The van der Waals surface area contributed by atoms with Crippen molar-refractivity contribution in [2.24, 2.45) is 0 Å². The Morgan fingerprint density at radius 2 is 1.77 bits per heavy atom. The minimum atomic E-state index is 0. The van der Waals surface area contributed by atoms with Crippen LogP contribution in [0, 0.1) is 6.92 Å². The van der Waals surface area contributed by atoms with Crippen LogP contribution in [0.4, 0.5) is 0 Å². The highest BCUT2D eigenvalue weighted by molar-refractivity contribution is 5.81. The van der Waals surface area contributed by atoms with E-state index < -0.39 is 0 Å². The van der Waals surface area contributed by atoms with Gasteiger partial charge in [0.2, 0.25) is 0 Å². The van der Waals surface area contributed by atoms with Gasteiger partial charge in [0.1, 0.15) is 11.3 Å². The fraction of sp³-hybridized carbons (Fsp3) is 0.286. The molecule has 1 saturated heterocycles. The Balaban J connectivity index is 0.00000196. The minimum Gasteiger partial charge on any atom is -1.00 e. The molecule has 0 atom stereocenters. The number of halogens is 1. The van der Waals surface area contributed by atoms with Gasteiger partial charge in [0, 0.05) is 25.2 Å². The second-order valence-electron chi connectivity index (χ2n) is 6.49. The molecule has 0 unspecified atom stereocenters. The van der Waals surface area contributed by atoms with Crippen LogP contribution in [-0.4, -0.2) is 31.2 Å². The minimum absolute atomic E-state index is 0.